The van der Waals surface area contributed by atoms with Crippen LogP contribution in [0.3, 0.4) is 0 Å². The molecule has 0 saturated carbocycles. The molecule has 0 aromatic carbocycles. The van der Waals surface area contributed by atoms with E-state index in [-0.39, 0.29) is 0 Å². The molecule has 17 heavy (non-hydrogen) atoms. The third-order valence-electron chi connectivity index (χ3n) is 2.65. The largest absolute Gasteiger partial charge is 0.347 e. The fraction of sp³-hybridized carbons (Fsp3) is 0.750. The molecule has 1 aromatic heterocycles. The highest BCUT2D eigenvalue weighted by Gasteiger charge is 2.12. The predicted molar refractivity (Wildman–Crippen MR) is 75.8 cm³/mol. The maximum absolute atomic E-state index is 5.70. The van der Waals surface area contributed by atoms with Gasteiger partial charge >= 0.3 is 0 Å². The molecule has 5 heteroatoms. The number of anilines is 1. The van der Waals surface area contributed by atoms with Crippen LogP contribution in [0.1, 0.15) is 23.9 Å². The molecule has 4 nitrogen and oxygen atoms in total. The van der Waals surface area contributed by atoms with Crippen LogP contribution in [0.4, 0.5) is 5.13 Å². The summed E-state index contributed by atoms with van der Waals surface area (Å²) in [7, 11) is 4.20. The molecule has 0 aliphatic carbocycles. The number of likely N-dealkylation sites (N-methyl/N-ethyl adjacent to an activating group) is 1. The van der Waals surface area contributed by atoms with Crippen molar-refractivity contribution in [1.29, 1.82) is 0 Å². The van der Waals surface area contributed by atoms with E-state index < -0.39 is 0 Å². The summed E-state index contributed by atoms with van der Waals surface area (Å²) >= 11 is 1.73. The summed E-state index contributed by atoms with van der Waals surface area (Å²) in [4.78, 5) is 10.4. The smallest absolute Gasteiger partial charge is 0.185 e. The van der Waals surface area contributed by atoms with Gasteiger partial charge in [-0.3, -0.25) is 0 Å². The van der Waals surface area contributed by atoms with Gasteiger partial charge in [-0.15, -0.1) is 11.3 Å². The Morgan fingerprint density at radius 1 is 1.24 bits per heavy atom. The number of aromatic nitrogens is 1. The van der Waals surface area contributed by atoms with E-state index in [2.05, 4.69) is 35.8 Å². The minimum absolute atomic E-state index is 0.594. The van der Waals surface area contributed by atoms with E-state index in [0.29, 0.717) is 6.54 Å². The summed E-state index contributed by atoms with van der Waals surface area (Å²) in [6.07, 6.45) is 1.14. The van der Waals surface area contributed by atoms with Crippen molar-refractivity contribution in [2.75, 3.05) is 38.6 Å². The average Bonchev–Trinajstić information content (AvgIpc) is 2.65. The van der Waals surface area contributed by atoms with Gasteiger partial charge in [-0.05, 0) is 27.4 Å². The van der Waals surface area contributed by atoms with Crippen molar-refractivity contribution in [3.8, 4) is 0 Å². The van der Waals surface area contributed by atoms with Crippen LogP contribution in [0.25, 0.3) is 0 Å². The van der Waals surface area contributed by atoms with E-state index in [9.17, 15) is 0 Å². The van der Waals surface area contributed by atoms with E-state index in [4.69, 9.17) is 5.73 Å². The molecule has 98 valence electrons. The average molecular weight is 256 g/mol. The summed E-state index contributed by atoms with van der Waals surface area (Å²) in [5.41, 5.74) is 6.79. The van der Waals surface area contributed by atoms with Gasteiger partial charge in [0.2, 0.25) is 0 Å². The van der Waals surface area contributed by atoms with E-state index in [1.165, 1.54) is 4.88 Å². The summed E-state index contributed by atoms with van der Waals surface area (Å²) in [6.45, 7) is 7.97. The minimum Gasteiger partial charge on any atom is -0.347 e. The lowest BCUT2D eigenvalue weighted by Gasteiger charge is -2.23. The molecule has 1 heterocycles. The first-order valence-electron chi connectivity index (χ1n) is 6.14. The second-order valence-electron chi connectivity index (χ2n) is 4.50. The highest BCUT2D eigenvalue weighted by atomic mass is 32.1. The van der Waals surface area contributed by atoms with Crippen LogP contribution in [0, 0.1) is 6.92 Å². The SMILES string of the molecule is CCCN(CCN(C)C)c1nc(C)c(CN)s1. The predicted octanol–water partition coefficient (Wildman–Crippen LogP) is 1.69. The van der Waals surface area contributed by atoms with E-state index in [1.807, 2.05) is 6.92 Å². The first-order chi connectivity index (χ1) is 8.08. The monoisotopic (exact) mass is 256 g/mol. The van der Waals surface area contributed by atoms with Gasteiger partial charge in [0.25, 0.3) is 0 Å². The van der Waals surface area contributed by atoms with Gasteiger partial charge < -0.3 is 15.5 Å². The summed E-state index contributed by atoms with van der Waals surface area (Å²) in [5.74, 6) is 0. The normalized spacial score (nSPS) is 11.2. The third kappa shape index (κ3) is 4.26. The molecule has 0 saturated heterocycles. The van der Waals surface area contributed by atoms with Crippen molar-refractivity contribution in [1.82, 2.24) is 9.88 Å². The highest BCUT2D eigenvalue weighted by Crippen LogP contribution is 2.25. The molecule has 0 aliphatic rings. The number of hydrogen-bond acceptors (Lipinski definition) is 5. The van der Waals surface area contributed by atoms with Gasteiger partial charge in [-0.1, -0.05) is 6.92 Å². The summed E-state index contributed by atoms with van der Waals surface area (Å²) < 4.78 is 0. The van der Waals surface area contributed by atoms with Gasteiger partial charge in [0.05, 0.1) is 5.69 Å². The van der Waals surface area contributed by atoms with Crippen molar-refractivity contribution in [2.45, 2.75) is 26.8 Å². The van der Waals surface area contributed by atoms with Crippen molar-refractivity contribution >= 4 is 16.5 Å². The van der Waals surface area contributed by atoms with E-state index in [1.54, 1.807) is 11.3 Å². The Hall–Kier alpha value is -0.650. The molecule has 1 aromatic rings. The molecule has 0 aliphatic heterocycles. The molecular weight excluding hydrogens is 232 g/mol. The maximum Gasteiger partial charge on any atom is 0.185 e. The Bertz CT molecular complexity index is 335. The summed E-state index contributed by atoms with van der Waals surface area (Å²) in [6, 6.07) is 0. The van der Waals surface area contributed by atoms with Gasteiger partial charge in [0.1, 0.15) is 0 Å². The molecule has 0 unspecified atom stereocenters. The Morgan fingerprint density at radius 2 is 1.94 bits per heavy atom. The lowest BCUT2D eigenvalue weighted by molar-refractivity contribution is 0.413. The number of thiazole rings is 1. The van der Waals surface area contributed by atoms with Gasteiger partial charge in [0, 0.05) is 31.1 Å². The van der Waals surface area contributed by atoms with E-state index >= 15 is 0 Å². The molecule has 0 fully saturated rings. The Balaban J connectivity index is 2.73. The molecule has 0 atom stereocenters. The van der Waals surface area contributed by atoms with Crippen LogP contribution >= 0.6 is 11.3 Å². The zero-order valence-corrected chi connectivity index (χ0v) is 12.2. The number of nitrogens with zero attached hydrogens (tertiary/aromatic N) is 3. The van der Waals surface area contributed by atoms with Crippen LogP contribution in [0.5, 0.6) is 0 Å². The van der Waals surface area contributed by atoms with Gasteiger partial charge in [0.15, 0.2) is 5.13 Å². The molecule has 2 N–H and O–H groups in total. The third-order valence-corrected chi connectivity index (χ3v) is 3.89. The lowest BCUT2D eigenvalue weighted by atomic mass is 10.4. The molecule has 1 rings (SSSR count). The second-order valence-corrected chi connectivity index (χ2v) is 5.56. The highest BCUT2D eigenvalue weighted by molar-refractivity contribution is 7.15. The number of rotatable bonds is 7. The molecule has 0 spiro atoms. The number of aryl methyl sites for hydroxylation is 1. The molecular formula is C12H24N4S. The fourth-order valence-corrected chi connectivity index (χ4v) is 2.62. The number of nitrogens with two attached hydrogens (primary N) is 1. The van der Waals surface area contributed by atoms with E-state index in [0.717, 1.165) is 36.9 Å². The van der Waals surface area contributed by atoms with Crippen molar-refractivity contribution in [2.24, 2.45) is 5.73 Å². The van der Waals surface area contributed by atoms with Crippen molar-refractivity contribution in [3.05, 3.63) is 10.6 Å². The minimum atomic E-state index is 0.594. The first kappa shape index (κ1) is 14.4. The van der Waals surface area contributed by atoms with Crippen LogP contribution < -0.4 is 10.6 Å². The van der Waals surface area contributed by atoms with Gasteiger partial charge in [-0.2, -0.15) is 0 Å². The van der Waals surface area contributed by atoms with Crippen molar-refractivity contribution < 1.29 is 0 Å². The molecule has 0 bridgehead atoms. The topological polar surface area (TPSA) is 45.4 Å². The Kier molecular flexibility index (Phi) is 5.88. The standard InChI is InChI=1S/C12H24N4S/c1-5-6-16(8-7-15(3)4)12-14-10(2)11(9-13)17-12/h5-9,13H2,1-4H3. The van der Waals surface area contributed by atoms with Crippen LogP contribution in [0.2, 0.25) is 0 Å². The Morgan fingerprint density at radius 3 is 2.41 bits per heavy atom. The maximum atomic E-state index is 5.70. The molecule has 0 amide bonds. The molecule has 0 radical (unpaired) electrons. The Labute approximate surface area is 108 Å². The fourth-order valence-electron chi connectivity index (χ4n) is 1.63. The van der Waals surface area contributed by atoms with Gasteiger partial charge in [-0.25, -0.2) is 4.98 Å². The van der Waals surface area contributed by atoms with Crippen LogP contribution in [0.15, 0.2) is 0 Å². The van der Waals surface area contributed by atoms with Crippen LogP contribution in [-0.4, -0.2) is 43.6 Å². The second kappa shape index (κ2) is 6.93. The number of hydrogen-bond donors (Lipinski definition) is 1. The van der Waals surface area contributed by atoms with Crippen LogP contribution in [-0.2, 0) is 6.54 Å². The van der Waals surface area contributed by atoms with Crippen molar-refractivity contribution in [3.63, 3.8) is 0 Å². The zero-order chi connectivity index (χ0) is 12.8. The lowest BCUT2D eigenvalue weighted by Crippen LogP contribution is -2.32. The quantitative estimate of drug-likeness (QED) is 0.806. The zero-order valence-electron chi connectivity index (χ0n) is 11.4. The first-order valence-corrected chi connectivity index (χ1v) is 6.96. The summed E-state index contributed by atoms with van der Waals surface area (Å²) in [5, 5.41) is 1.12.